The summed E-state index contributed by atoms with van der Waals surface area (Å²) in [6.45, 7) is 5.19. The number of aryl methyl sites for hydroxylation is 2. The topological polar surface area (TPSA) is 45.7 Å². The van der Waals surface area contributed by atoms with Gasteiger partial charge in [0, 0.05) is 31.7 Å². The molecule has 0 bridgehead atoms. The van der Waals surface area contributed by atoms with Crippen molar-refractivity contribution in [1.82, 2.24) is 9.88 Å². The average molecular weight is 436 g/mol. The fourth-order valence-corrected chi connectivity index (χ4v) is 5.55. The van der Waals surface area contributed by atoms with Gasteiger partial charge in [0.25, 0.3) is 5.91 Å². The first kappa shape index (κ1) is 20.6. The molecular formula is C25H29N3O2S. The first-order valence-corrected chi connectivity index (χ1v) is 12.2. The van der Waals surface area contributed by atoms with E-state index in [-0.39, 0.29) is 5.91 Å². The second-order valence-corrected chi connectivity index (χ2v) is 9.43. The number of hydrogen-bond acceptors (Lipinski definition) is 5. The number of aromatic nitrogens is 1. The highest BCUT2D eigenvalue weighted by Crippen LogP contribution is 2.30. The van der Waals surface area contributed by atoms with Gasteiger partial charge in [0.15, 0.2) is 5.13 Å². The number of benzene rings is 2. The van der Waals surface area contributed by atoms with Crippen LogP contribution in [-0.4, -0.2) is 55.2 Å². The van der Waals surface area contributed by atoms with Crippen molar-refractivity contribution < 1.29 is 9.53 Å². The molecule has 0 N–H and O–H groups in total. The number of nitrogens with zero attached hydrogens (tertiary/aromatic N) is 3. The smallest absolute Gasteiger partial charge is 0.260 e. The molecule has 31 heavy (non-hydrogen) atoms. The molecule has 1 aliphatic carbocycles. The number of thiazole rings is 1. The maximum Gasteiger partial charge on any atom is 0.260 e. The van der Waals surface area contributed by atoms with E-state index in [0.29, 0.717) is 6.54 Å². The van der Waals surface area contributed by atoms with Crippen molar-refractivity contribution in [2.24, 2.45) is 0 Å². The quantitative estimate of drug-likeness (QED) is 0.570. The van der Waals surface area contributed by atoms with E-state index < -0.39 is 0 Å². The number of rotatable bonds is 6. The lowest BCUT2D eigenvalue weighted by molar-refractivity contribution is 0.0376. The number of para-hydroxylation sites is 1. The van der Waals surface area contributed by atoms with Gasteiger partial charge in [0.2, 0.25) is 0 Å². The third-order valence-corrected chi connectivity index (χ3v) is 7.37. The number of carbonyl (C=O) groups is 1. The first-order valence-electron chi connectivity index (χ1n) is 11.4. The summed E-state index contributed by atoms with van der Waals surface area (Å²) in [5.74, 6) is 0.0643. The van der Waals surface area contributed by atoms with Crippen molar-refractivity contribution in [2.45, 2.75) is 32.1 Å². The van der Waals surface area contributed by atoms with Crippen LogP contribution in [0.2, 0.25) is 0 Å². The number of amides is 1. The average Bonchev–Trinajstić information content (AvgIpc) is 3.26. The molecule has 6 heteroatoms. The summed E-state index contributed by atoms with van der Waals surface area (Å²) in [4.78, 5) is 22.8. The summed E-state index contributed by atoms with van der Waals surface area (Å²) >= 11 is 1.60. The zero-order valence-corrected chi connectivity index (χ0v) is 18.7. The van der Waals surface area contributed by atoms with Gasteiger partial charge in [0.05, 0.1) is 23.4 Å². The highest BCUT2D eigenvalue weighted by atomic mass is 32.1. The fourth-order valence-electron chi connectivity index (χ4n) is 4.56. The minimum Gasteiger partial charge on any atom is -0.379 e. The number of ether oxygens (including phenoxy) is 1. The van der Waals surface area contributed by atoms with Gasteiger partial charge in [-0.15, -0.1) is 0 Å². The second kappa shape index (κ2) is 9.47. The van der Waals surface area contributed by atoms with Crippen LogP contribution in [0, 0.1) is 0 Å². The Labute approximate surface area is 187 Å². The molecule has 0 unspecified atom stereocenters. The van der Waals surface area contributed by atoms with Gasteiger partial charge in [-0.2, -0.15) is 0 Å². The maximum atomic E-state index is 13.6. The highest BCUT2D eigenvalue weighted by molar-refractivity contribution is 7.22. The molecule has 2 aliphatic rings. The predicted octanol–water partition coefficient (Wildman–Crippen LogP) is 4.54. The van der Waals surface area contributed by atoms with Crippen LogP contribution in [0.5, 0.6) is 0 Å². The summed E-state index contributed by atoms with van der Waals surface area (Å²) in [5, 5.41) is 0.797. The Morgan fingerprint density at radius 3 is 2.71 bits per heavy atom. The number of morpholine rings is 1. The zero-order valence-electron chi connectivity index (χ0n) is 17.9. The van der Waals surface area contributed by atoms with E-state index >= 15 is 0 Å². The molecule has 2 aromatic carbocycles. The molecule has 1 aromatic heterocycles. The van der Waals surface area contributed by atoms with Crippen LogP contribution in [0.1, 0.15) is 40.7 Å². The standard InChI is InChI=1S/C25H29N3O2S/c29-24(21-11-10-19-6-1-2-7-20(19)18-21)28(13-5-12-27-14-16-30-17-15-27)25-26-22-8-3-4-9-23(22)31-25/h3-4,8-11,18H,1-2,5-7,12-17H2. The summed E-state index contributed by atoms with van der Waals surface area (Å²) in [6, 6.07) is 14.4. The SMILES string of the molecule is O=C(c1ccc2c(c1)CCCC2)N(CCCN1CCOCC1)c1nc2ccccc2s1. The summed E-state index contributed by atoms with van der Waals surface area (Å²) in [7, 11) is 0. The zero-order chi connectivity index (χ0) is 21.0. The van der Waals surface area contributed by atoms with Gasteiger partial charge in [0.1, 0.15) is 0 Å². The highest BCUT2D eigenvalue weighted by Gasteiger charge is 2.23. The van der Waals surface area contributed by atoms with Crippen LogP contribution < -0.4 is 4.90 Å². The van der Waals surface area contributed by atoms with E-state index in [0.717, 1.165) is 73.0 Å². The van der Waals surface area contributed by atoms with E-state index in [4.69, 9.17) is 9.72 Å². The fraction of sp³-hybridized carbons (Fsp3) is 0.440. The lowest BCUT2D eigenvalue weighted by Gasteiger charge is -2.28. The van der Waals surface area contributed by atoms with Crippen LogP contribution in [0.15, 0.2) is 42.5 Å². The Morgan fingerprint density at radius 2 is 1.87 bits per heavy atom. The molecule has 1 saturated heterocycles. The minimum atomic E-state index is 0.0643. The van der Waals surface area contributed by atoms with Crippen LogP contribution in [0.3, 0.4) is 0 Å². The van der Waals surface area contributed by atoms with E-state index in [9.17, 15) is 4.79 Å². The van der Waals surface area contributed by atoms with Crippen molar-refractivity contribution in [3.63, 3.8) is 0 Å². The van der Waals surface area contributed by atoms with Crippen LogP contribution in [0.25, 0.3) is 10.2 Å². The van der Waals surface area contributed by atoms with Crippen molar-refractivity contribution in [1.29, 1.82) is 0 Å². The molecule has 1 aliphatic heterocycles. The molecule has 3 aromatic rings. The third-order valence-electron chi connectivity index (χ3n) is 6.31. The summed E-state index contributed by atoms with van der Waals surface area (Å²) < 4.78 is 6.58. The first-order chi connectivity index (χ1) is 15.3. The van der Waals surface area contributed by atoms with E-state index in [1.54, 1.807) is 11.3 Å². The largest absolute Gasteiger partial charge is 0.379 e. The summed E-state index contributed by atoms with van der Waals surface area (Å²) in [6.07, 6.45) is 5.59. The molecule has 2 heterocycles. The molecular weight excluding hydrogens is 406 g/mol. The lowest BCUT2D eigenvalue weighted by Crippen LogP contribution is -2.39. The maximum absolute atomic E-state index is 13.6. The number of fused-ring (bicyclic) bond motifs is 2. The molecule has 5 nitrogen and oxygen atoms in total. The van der Waals surface area contributed by atoms with Crippen molar-refractivity contribution >= 4 is 32.6 Å². The van der Waals surface area contributed by atoms with Gasteiger partial charge < -0.3 is 4.74 Å². The monoisotopic (exact) mass is 435 g/mol. The normalized spacial score (nSPS) is 16.9. The Kier molecular flexibility index (Phi) is 6.30. The van der Waals surface area contributed by atoms with E-state index in [2.05, 4.69) is 23.1 Å². The number of anilines is 1. The molecule has 1 fully saturated rings. The lowest BCUT2D eigenvalue weighted by atomic mass is 9.90. The number of carbonyl (C=O) groups excluding carboxylic acids is 1. The van der Waals surface area contributed by atoms with E-state index in [1.807, 2.05) is 29.2 Å². The molecule has 0 spiro atoms. The molecule has 1 amide bonds. The predicted molar refractivity (Wildman–Crippen MR) is 126 cm³/mol. The Bertz CT molecular complexity index is 1020. The Balaban J connectivity index is 1.39. The summed E-state index contributed by atoms with van der Waals surface area (Å²) in [5.41, 5.74) is 4.49. The van der Waals surface area contributed by atoms with Crippen LogP contribution in [0.4, 0.5) is 5.13 Å². The minimum absolute atomic E-state index is 0.0643. The van der Waals surface area contributed by atoms with Crippen LogP contribution in [-0.2, 0) is 17.6 Å². The van der Waals surface area contributed by atoms with Crippen LogP contribution >= 0.6 is 11.3 Å². The van der Waals surface area contributed by atoms with Gasteiger partial charge in [-0.25, -0.2) is 4.98 Å². The van der Waals surface area contributed by atoms with Gasteiger partial charge >= 0.3 is 0 Å². The van der Waals surface area contributed by atoms with Crippen molar-refractivity contribution in [3.05, 3.63) is 59.2 Å². The van der Waals surface area contributed by atoms with Crippen molar-refractivity contribution in [2.75, 3.05) is 44.3 Å². The van der Waals surface area contributed by atoms with Gasteiger partial charge in [-0.1, -0.05) is 29.5 Å². The molecule has 0 radical (unpaired) electrons. The van der Waals surface area contributed by atoms with Crippen molar-refractivity contribution in [3.8, 4) is 0 Å². The third kappa shape index (κ3) is 4.66. The van der Waals surface area contributed by atoms with Gasteiger partial charge in [-0.05, 0) is 67.5 Å². The second-order valence-electron chi connectivity index (χ2n) is 8.42. The molecule has 5 rings (SSSR count). The molecule has 0 saturated carbocycles. The Hall–Kier alpha value is -2.28. The Morgan fingerprint density at radius 1 is 1.06 bits per heavy atom. The van der Waals surface area contributed by atoms with E-state index in [1.165, 1.54) is 24.0 Å². The molecule has 0 atom stereocenters. The molecule has 162 valence electrons. The number of hydrogen-bond donors (Lipinski definition) is 0. The van der Waals surface area contributed by atoms with Gasteiger partial charge in [-0.3, -0.25) is 14.6 Å².